The summed E-state index contributed by atoms with van der Waals surface area (Å²) in [5.74, 6) is 0.604. The van der Waals surface area contributed by atoms with Gasteiger partial charge in [0.25, 0.3) is 5.56 Å². The van der Waals surface area contributed by atoms with Crippen LogP contribution in [-0.4, -0.2) is 16.6 Å². The molecule has 5 nitrogen and oxygen atoms in total. The summed E-state index contributed by atoms with van der Waals surface area (Å²) in [7, 11) is 0. The van der Waals surface area contributed by atoms with Crippen molar-refractivity contribution in [2.45, 2.75) is 38.8 Å². The number of H-pyrrole nitrogens is 1. The van der Waals surface area contributed by atoms with Crippen LogP contribution in [0.5, 0.6) is 0 Å². The Morgan fingerprint density at radius 2 is 2.44 bits per heavy atom. The van der Waals surface area contributed by atoms with Gasteiger partial charge in [-0.25, -0.2) is 4.98 Å². The number of rotatable bonds is 3. The molecule has 88 valence electrons. The standard InChI is InChI=1S/C11H17N3O2/c1-2-3-8(12)10-13-9-4-5-16-6-7(9)11(15)14-10/h8H,2-6,12H2,1H3,(H,13,14,15). The number of nitrogens with two attached hydrogens (primary N) is 1. The van der Waals surface area contributed by atoms with Gasteiger partial charge in [-0.2, -0.15) is 0 Å². The molecule has 1 aliphatic rings. The van der Waals surface area contributed by atoms with Crippen molar-refractivity contribution >= 4 is 0 Å². The fourth-order valence-electron chi connectivity index (χ4n) is 1.89. The van der Waals surface area contributed by atoms with Crippen LogP contribution in [0.2, 0.25) is 0 Å². The highest BCUT2D eigenvalue weighted by Gasteiger charge is 2.17. The molecule has 2 rings (SSSR count). The second-order valence-electron chi connectivity index (χ2n) is 4.07. The molecule has 1 atom stereocenters. The maximum atomic E-state index is 11.8. The molecule has 3 N–H and O–H groups in total. The largest absolute Gasteiger partial charge is 0.376 e. The normalized spacial score (nSPS) is 16.9. The first-order valence-electron chi connectivity index (χ1n) is 5.67. The van der Waals surface area contributed by atoms with Crippen molar-refractivity contribution < 1.29 is 4.74 Å². The van der Waals surface area contributed by atoms with Gasteiger partial charge in [0.2, 0.25) is 0 Å². The van der Waals surface area contributed by atoms with Crippen molar-refractivity contribution in [1.82, 2.24) is 9.97 Å². The molecule has 1 unspecified atom stereocenters. The van der Waals surface area contributed by atoms with E-state index in [2.05, 4.69) is 16.9 Å². The quantitative estimate of drug-likeness (QED) is 0.788. The van der Waals surface area contributed by atoms with Gasteiger partial charge in [0.05, 0.1) is 30.5 Å². The summed E-state index contributed by atoms with van der Waals surface area (Å²) in [6, 6.07) is -0.175. The van der Waals surface area contributed by atoms with Crippen molar-refractivity contribution in [1.29, 1.82) is 0 Å². The highest BCUT2D eigenvalue weighted by molar-refractivity contribution is 5.19. The molecule has 0 spiro atoms. The minimum atomic E-state index is -0.175. The average molecular weight is 223 g/mol. The molecule has 0 saturated carbocycles. The summed E-state index contributed by atoms with van der Waals surface area (Å²) in [6.07, 6.45) is 2.51. The Labute approximate surface area is 94.0 Å². The van der Waals surface area contributed by atoms with Gasteiger partial charge in [-0.15, -0.1) is 0 Å². The molecule has 0 radical (unpaired) electrons. The minimum Gasteiger partial charge on any atom is -0.376 e. The van der Waals surface area contributed by atoms with Crippen LogP contribution < -0.4 is 11.3 Å². The maximum Gasteiger partial charge on any atom is 0.256 e. The Bertz CT molecular complexity index is 428. The van der Waals surface area contributed by atoms with Crippen LogP contribution in [0.3, 0.4) is 0 Å². The van der Waals surface area contributed by atoms with Gasteiger partial charge >= 0.3 is 0 Å². The van der Waals surface area contributed by atoms with E-state index < -0.39 is 0 Å². The molecule has 16 heavy (non-hydrogen) atoms. The first-order chi connectivity index (χ1) is 7.72. The van der Waals surface area contributed by atoms with Crippen LogP contribution >= 0.6 is 0 Å². The lowest BCUT2D eigenvalue weighted by molar-refractivity contribution is 0.107. The second-order valence-corrected chi connectivity index (χ2v) is 4.07. The van der Waals surface area contributed by atoms with Gasteiger partial charge in [0.1, 0.15) is 5.82 Å². The number of hydrogen-bond acceptors (Lipinski definition) is 4. The van der Waals surface area contributed by atoms with E-state index in [1.54, 1.807) is 0 Å². The summed E-state index contributed by atoms with van der Waals surface area (Å²) in [4.78, 5) is 18.9. The Hall–Kier alpha value is -1.20. The lowest BCUT2D eigenvalue weighted by atomic mass is 10.1. The summed E-state index contributed by atoms with van der Waals surface area (Å²) in [6.45, 7) is 3.05. The number of ether oxygens (including phenoxy) is 1. The first kappa shape index (κ1) is 11.3. The van der Waals surface area contributed by atoms with E-state index >= 15 is 0 Å². The maximum absolute atomic E-state index is 11.8. The number of nitrogens with one attached hydrogen (secondary N) is 1. The number of hydrogen-bond donors (Lipinski definition) is 2. The average Bonchev–Trinajstić information content (AvgIpc) is 2.29. The van der Waals surface area contributed by atoms with Crippen molar-refractivity contribution in [3.8, 4) is 0 Å². The lowest BCUT2D eigenvalue weighted by Crippen LogP contribution is -2.28. The van der Waals surface area contributed by atoms with Crippen molar-refractivity contribution in [3.05, 3.63) is 27.4 Å². The molecule has 0 amide bonds. The molecule has 2 heterocycles. The monoisotopic (exact) mass is 223 g/mol. The fourth-order valence-corrected chi connectivity index (χ4v) is 1.89. The third kappa shape index (κ3) is 2.15. The van der Waals surface area contributed by atoms with Gasteiger partial charge in [0.15, 0.2) is 0 Å². The SMILES string of the molecule is CCCC(N)c1nc2c(c(=O)[nH]1)COCC2. The highest BCUT2D eigenvalue weighted by atomic mass is 16.5. The minimum absolute atomic E-state index is 0.105. The molecule has 0 aromatic carbocycles. The fraction of sp³-hybridized carbons (Fsp3) is 0.636. The van der Waals surface area contributed by atoms with Crippen molar-refractivity contribution in [3.63, 3.8) is 0 Å². The van der Waals surface area contributed by atoms with E-state index in [0.717, 1.165) is 18.5 Å². The van der Waals surface area contributed by atoms with Gasteiger partial charge in [0, 0.05) is 6.42 Å². The Balaban J connectivity index is 2.35. The molecular formula is C11H17N3O2. The van der Waals surface area contributed by atoms with Crippen molar-refractivity contribution in [2.75, 3.05) is 6.61 Å². The molecular weight excluding hydrogens is 206 g/mol. The van der Waals surface area contributed by atoms with Crippen LogP contribution in [-0.2, 0) is 17.8 Å². The number of nitrogens with zero attached hydrogens (tertiary/aromatic N) is 1. The molecule has 1 aliphatic heterocycles. The predicted octanol–water partition coefficient (Wildman–Crippen LogP) is 0.642. The second kappa shape index (κ2) is 4.76. The van der Waals surface area contributed by atoms with Crippen LogP contribution in [0.25, 0.3) is 0 Å². The zero-order chi connectivity index (χ0) is 11.5. The molecule has 1 aromatic rings. The molecule has 1 aromatic heterocycles. The molecule has 0 bridgehead atoms. The Morgan fingerprint density at radius 3 is 3.19 bits per heavy atom. The van der Waals surface area contributed by atoms with Crippen LogP contribution in [0.1, 0.15) is 42.9 Å². The number of aromatic nitrogens is 2. The third-order valence-corrected chi connectivity index (χ3v) is 2.80. The zero-order valence-corrected chi connectivity index (χ0v) is 9.45. The molecule has 0 saturated heterocycles. The third-order valence-electron chi connectivity index (χ3n) is 2.80. The van der Waals surface area contributed by atoms with Crippen LogP contribution in [0, 0.1) is 0 Å². The topological polar surface area (TPSA) is 81.0 Å². The first-order valence-corrected chi connectivity index (χ1v) is 5.67. The van der Waals surface area contributed by atoms with E-state index in [1.807, 2.05) is 0 Å². The molecule has 0 fully saturated rings. The lowest BCUT2D eigenvalue weighted by Gasteiger charge is -2.17. The van der Waals surface area contributed by atoms with E-state index in [4.69, 9.17) is 10.5 Å². The van der Waals surface area contributed by atoms with Gasteiger partial charge < -0.3 is 15.5 Å². The summed E-state index contributed by atoms with van der Waals surface area (Å²) >= 11 is 0. The van der Waals surface area contributed by atoms with Gasteiger partial charge in [-0.05, 0) is 6.42 Å². The zero-order valence-electron chi connectivity index (χ0n) is 9.45. The van der Waals surface area contributed by atoms with Gasteiger partial charge in [-0.3, -0.25) is 4.79 Å². The van der Waals surface area contributed by atoms with E-state index in [-0.39, 0.29) is 11.6 Å². The molecule has 5 heteroatoms. The molecule has 0 aliphatic carbocycles. The smallest absolute Gasteiger partial charge is 0.256 e. The Morgan fingerprint density at radius 1 is 1.62 bits per heavy atom. The Kier molecular flexibility index (Phi) is 3.36. The van der Waals surface area contributed by atoms with E-state index in [1.165, 1.54) is 0 Å². The van der Waals surface area contributed by atoms with E-state index in [0.29, 0.717) is 31.0 Å². The van der Waals surface area contributed by atoms with Crippen LogP contribution in [0.15, 0.2) is 4.79 Å². The number of fused-ring (bicyclic) bond motifs is 1. The summed E-state index contributed by atoms with van der Waals surface area (Å²) in [5, 5.41) is 0. The van der Waals surface area contributed by atoms with Gasteiger partial charge in [-0.1, -0.05) is 13.3 Å². The van der Waals surface area contributed by atoms with E-state index in [9.17, 15) is 4.79 Å². The summed E-state index contributed by atoms with van der Waals surface area (Å²) in [5.41, 5.74) is 7.33. The van der Waals surface area contributed by atoms with Crippen LogP contribution in [0.4, 0.5) is 0 Å². The number of aromatic amines is 1. The van der Waals surface area contributed by atoms with Crippen molar-refractivity contribution in [2.24, 2.45) is 5.73 Å². The summed E-state index contributed by atoms with van der Waals surface area (Å²) < 4.78 is 5.23. The highest BCUT2D eigenvalue weighted by Crippen LogP contribution is 2.14. The predicted molar refractivity (Wildman–Crippen MR) is 60.1 cm³/mol.